The standard InChI is InChI=1S/C21H28N2O3S2/c1-15(2)17-8-10-18(11-9-17)21(24)22-19-14-20(27-16(19)3)28(25,26)23-12-6-4-5-7-13-23/h8-11,14-15H,4-7,12-13H2,1-3H3,(H,22,24). The van der Waals surface area contributed by atoms with Crippen molar-refractivity contribution in [3.05, 3.63) is 46.3 Å². The van der Waals surface area contributed by atoms with E-state index in [0.29, 0.717) is 34.5 Å². The summed E-state index contributed by atoms with van der Waals surface area (Å²) in [6, 6.07) is 9.12. The first-order valence-electron chi connectivity index (χ1n) is 9.81. The Hall–Kier alpha value is -1.70. The molecule has 0 unspecified atom stereocenters. The van der Waals surface area contributed by atoms with Gasteiger partial charge in [0.2, 0.25) is 0 Å². The topological polar surface area (TPSA) is 66.5 Å². The molecule has 1 N–H and O–H groups in total. The molecule has 1 amide bonds. The Morgan fingerprint density at radius 1 is 1.07 bits per heavy atom. The predicted octanol–water partition coefficient (Wildman–Crippen LogP) is 5.00. The van der Waals surface area contributed by atoms with E-state index >= 15 is 0 Å². The van der Waals surface area contributed by atoms with Gasteiger partial charge in [-0.05, 0) is 49.4 Å². The van der Waals surface area contributed by atoms with Crippen molar-refractivity contribution in [3.63, 3.8) is 0 Å². The molecule has 5 nitrogen and oxygen atoms in total. The zero-order valence-electron chi connectivity index (χ0n) is 16.7. The maximum Gasteiger partial charge on any atom is 0.255 e. The molecule has 2 aromatic rings. The normalized spacial score (nSPS) is 16.1. The first kappa shape index (κ1) is 21.0. The Labute approximate surface area is 171 Å². The minimum absolute atomic E-state index is 0.227. The first-order chi connectivity index (χ1) is 13.3. The minimum atomic E-state index is -3.50. The van der Waals surface area contributed by atoms with Crippen molar-refractivity contribution < 1.29 is 13.2 Å². The fraction of sp³-hybridized carbons (Fsp3) is 0.476. The summed E-state index contributed by atoms with van der Waals surface area (Å²) in [5.74, 6) is 0.179. The molecule has 28 heavy (non-hydrogen) atoms. The zero-order valence-corrected chi connectivity index (χ0v) is 18.3. The van der Waals surface area contributed by atoms with Crippen molar-refractivity contribution in [1.82, 2.24) is 4.31 Å². The number of nitrogens with one attached hydrogen (secondary N) is 1. The van der Waals surface area contributed by atoms with Crippen LogP contribution in [0.25, 0.3) is 0 Å². The highest BCUT2D eigenvalue weighted by atomic mass is 32.2. The van der Waals surface area contributed by atoms with Gasteiger partial charge >= 0.3 is 0 Å². The van der Waals surface area contributed by atoms with Crippen LogP contribution < -0.4 is 5.32 Å². The molecule has 1 aliphatic rings. The fourth-order valence-electron chi connectivity index (χ4n) is 3.33. The van der Waals surface area contributed by atoms with E-state index in [1.165, 1.54) is 16.9 Å². The third kappa shape index (κ3) is 4.64. The molecule has 2 heterocycles. The number of rotatable bonds is 5. The average molecular weight is 421 g/mol. The molecular formula is C21H28N2O3S2. The lowest BCUT2D eigenvalue weighted by atomic mass is 10.0. The van der Waals surface area contributed by atoms with E-state index < -0.39 is 10.0 Å². The van der Waals surface area contributed by atoms with Crippen molar-refractivity contribution in [2.45, 2.75) is 56.6 Å². The largest absolute Gasteiger partial charge is 0.321 e. The molecule has 1 fully saturated rings. The lowest BCUT2D eigenvalue weighted by Crippen LogP contribution is -2.31. The molecule has 0 aliphatic carbocycles. The van der Waals surface area contributed by atoms with Crippen LogP contribution in [-0.2, 0) is 10.0 Å². The molecule has 0 bridgehead atoms. The van der Waals surface area contributed by atoms with Crippen molar-refractivity contribution in [3.8, 4) is 0 Å². The molecule has 0 atom stereocenters. The van der Waals surface area contributed by atoms with Crippen LogP contribution in [0.5, 0.6) is 0 Å². The summed E-state index contributed by atoms with van der Waals surface area (Å²) in [7, 11) is -3.50. The van der Waals surface area contributed by atoms with Gasteiger partial charge in [-0.25, -0.2) is 8.42 Å². The number of sulfonamides is 1. The number of anilines is 1. The summed E-state index contributed by atoms with van der Waals surface area (Å²) in [5.41, 5.74) is 2.30. The number of aryl methyl sites for hydroxylation is 1. The zero-order chi connectivity index (χ0) is 20.3. The molecule has 152 valence electrons. The Morgan fingerprint density at radius 3 is 2.25 bits per heavy atom. The summed E-state index contributed by atoms with van der Waals surface area (Å²) in [6.45, 7) is 7.20. The van der Waals surface area contributed by atoms with Gasteiger partial charge in [-0.2, -0.15) is 4.31 Å². The third-order valence-corrected chi connectivity index (χ3v) is 8.54. The van der Waals surface area contributed by atoms with Crippen LogP contribution in [0.3, 0.4) is 0 Å². The molecule has 0 saturated carbocycles. The Balaban J connectivity index is 1.77. The van der Waals surface area contributed by atoms with Gasteiger partial charge in [-0.3, -0.25) is 4.79 Å². The molecule has 1 aromatic carbocycles. The van der Waals surface area contributed by atoms with Crippen LogP contribution in [0.2, 0.25) is 0 Å². The van der Waals surface area contributed by atoms with Crippen molar-refractivity contribution in [2.75, 3.05) is 18.4 Å². The second-order valence-corrected chi connectivity index (χ2v) is 11.0. The highest BCUT2D eigenvalue weighted by Gasteiger charge is 2.28. The van der Waals surface area contributed by atoms with Gasteiger partial charge in [-0.15, -0.1) is 11.3 Å². The van der Waals surface area contributed by atoms with E-state index in [-0.39, 0.29) is 5.91 Å². The molecule has 0 radical (unpaired) electrons. The van der Waals surface area contributed by atoms with Crippen molar-refractivity contribution in [1.29, 1.82) is 0 Å². The van der Waals surface area contributed by atoms with Gasteiger partial charge in [-0.1, -0.05) is 38.8 Å². The van der Waals surface area contributed by atoms with E-state index in [4.69, 9.17) is 0 Å². The first-order valence-corrected chi connectivity index (χ1v) is 12.1. The van der Waals surface area contributed by atoms with Crippen LogP contribution in [-0.4, -0.2) is 31.7 Å². The summed E-state index contributed by atoms with van der Waals surface area (Å²) >= 11 is 1.22. The van der Waals surface area contributed by atoms with Crippen LogP contribution >= 0.6 is 11.3 Å². The second kappa shape index (κ2) is 8.76. The maximum atomic E-state index is 13.0. The molecule has 1 aromatic heterocycles. The summed E-state index contributed by atoms with van der Waals surface area (Å²) in [5, 5.41) is 2.87. The highest BCUT2D eigenvalue weighted by Crippen LogP contribution is 2.33. The molecule has 1 saturated heterocycles. The van der Waals surface area contributed by atoms with Crippen LogP contribution in [0, 0.1) is 6.92 Å². The van der Waals surface area contributed by atoms with Gasteiger partial charge in [0.15, 0.2) is 0 Å². The number of benzene rings is 1. The van der Waals surface area contributed by atoms with Gasteiger partial charge in [0.1, 0.15) is 4.21 Å². The number of amides is 1. The van der Waals surface area contributed by atoms with Crippen molar-refractivity contribution >= 4 is 33.0 Å². The van der Waals surface area contributed by atoms with Crippen LogP contribution in [0.15, 0.2) is 34.5 Å². The van der Waals surface area contributed by atoms with Crippen molar-refractivity contribution in [2.24, 2.45) is 0 Å². The predicted molar refractivity (Wildman–Crippen MR) is 115 cm³/mol. The lowest BCUT2D eigenvalue weighted by molar-refractivity contribution is 0.102. The SMILES string of the molecule is Cc1sc(S(=O)(=O)N2CCCCCC2)cc1NC(=O)c1ccc(C(C)C)cc1. The quantitative estimate of drug-likeness (QED) is 0.740. The van der Waals surface area contributed by atoms with Gasteiger partial charge in [0.25, 0.3) is 15.9 Å². The summed E-state index contributed by atoms with van der Waals surface area (Å²) < 4.78 is 27.9. The van der Waals surface area contributed by atoms with E-state index in [0.717, 1.165) is 30.6 Å². The molecule has 1 aliphatic heterocycles. The second-order valence-electron chi connectivity index (χ2n) is 7.58. The fourth-order valence-corrected chi connectivity index (χ4v) is 6.40. The molecule has 3 rings (SSSR count). The highest BCUT2D eigenvalue weighted by molar-refractivity contribution is 7.91. The van der Waals surface area contributed by atoms with Crippen LogP contribution in [0.1, 0.15) is 66.2 Å². The number of carbonyl (C=O) groups is 1. The Bertz CT molecular complexity index is 923. The number of thiophene rings is 1. The van der Waals surface area contributed by atoms with Crippen LogP contribution in [0.4, 0.5) is 5.69 Å². The smallest absolute Gasteiger partial charge is 0.255 e. The third-order valence-electron chi connectivity index (χ3n) is 5.14. The summed E-state index contributed by atoms with van der Waals surface area (Å²) in [4.78, 5) is 13.4. The maximum absolute atomic E-state index is 13.0. The summed E-state index contributed by atoms with van der Waals surface area (Å²) in [6.07, 6.45) is 3.96. The number of hydrogen-bond acceptors (Lipinski definition) is 4. The number of nitrogens with zero attached hydrogens (tertiary/aromatic N) is 1. The molecule has 7 heteroatoms. The van der Waals surface area contributed by atoms with Gasteiger partial charge < -0.3 is 5.32 Å². The minimum Gasteiger partial charge on any atom is -0.321 e. The Morgan fingerprint density at radius 2 is 1.68 bits per heavy atom. The van der Waals surface area contributed by atoms with E-state index in [1.807, 2.05) is 19.1 Å². The lowest BCUT2D eigenvalue weighted by Gasteiger charge is -2.18. The molecular weight excluding hydrogens is 392 g/mol. The van der Waals surface area contributed by atoms with E-state index in [9.17, 15) is 13.2 Å². The van der Waals surface area contributed by atoms with Gasteiger partial charge in [0.05, 0.1) is 5.69 Å². The number of carbonyl (C=O) groups excluding carboxylic acids is 1. The molecule has 0 spiro atoms. The average Bonchev–Trinajstić information content (AvgIpc) is 2.87. The van der Waals surface area contributed by atoms with E-state index in [1.54, 1.807) is 22.5 Å². The Kier molecular flexibility index (Phi) is 6.58. The monoisotopic (exact) mass is 420 g/mol. The van der Waals surface area contributed by atoms with Gasteiger partial charge in [0, 0.05) is 23.5 Å². The number of hydrogen-bond donors (Lipinski definition) is 1. The van der Waals surface area contributed by atoms with E-state index in [2.05, 4.69) is 19.2 Å².